The number of nitrogens with two attached hydrogens (primary N) is 2. The van der Waals surface area contributed by atoms with Gasteiger partial charge in [0.25, 0.3) is 0 Å². The third-order valence-electron chi connectivity index (χ3n) is 3.64. The maximum atomic E-state index is 11.2. The van der Waals surface area contributed by atoms with Gasteiger partial charge < -0.3 is 16.2 Å². The molecule has 0 bridgehead atoms. The van der Waals surface area contributed by atoms with Crippen LogP contribution < -0.4 is 11.5 Å². The Hall–Kier alpha value is -0.610. The van der Waals surface area contributed by atoms with Crippen molar-refractivity contribution in [2.45, 2.75) is 57.7 Å². The lowest BCUT2D eigenvalue weighted by molar-refractivity contribution is -0.150. The molecule has 4 N–H and O–H groups in total. The highest BCUT2D eigenvalue weighted by Crippen LogP contribution is 2.35. The number of amides is 1. The SMILES string of the molecule is CCC(OC1(CN)CCC(C)CC1)C(N)=O. The smallest absolute Gasteiger partial charge is 0.246 e. The fourth-order valence-electron chi connectivity index (χ4n) is 2.30. The first-order valence-electron chi connectivity index (χ1n) is 6.20. The van der Waals surface area contributed by atoms with E-state index in [-0.39, 0.29) is 11.5 Å². The van der Waals surface area contributed by atoms with E-state index in [1.165, 1.54) is 0 Å². The quantitative estimate of drug-likeness (QED) is 0.741. The second-order valence-electron chi connectivity index (χ2n) is 4.99. The Morgan fingerprint density at radius 1 is 1.50 bits per heavy atom. The van der Waals surface area contributed by atoms with Gasteiger partial charge in [-0.05, 0) is 38.0 Å². The summed E-state index contributed by atoms with van der Waals surface area (Å²) in [6, 6.07) is 0. The molecule has 0 aliphatic heterocycles. The minimum atomic E-state index is -0.489. The van der Waals surface area contributed by atoms with E-state index < -0.39 is 6.10 Å². The van der Waals surface area contributed by atoms with Crippen LogP contribution in [0.15, 0.2) is 0 Å². The van der Waals surface area contributed by atoms with Gasteiger partial charge in [0, 0.05) is 6.54 Å². The maximum absolute atomic E-state index is 11.2. The summed E-state index contributed by atoms with van der Waals surface area (Å²) in [4.78, 5) is 11.2. The summed E-state index contributed by atoms with van der Waals surface area (Å²) in [5.74, 6) is 0.353. The van der Waals surface area contributed by atoms with Crippen LogP contribution in [0.1, 0.15) is 46.0 Å². The second-order valence-corrected chi connectivity index (χ2v) is 4.99. The number of primary amides is 1. The average molecular weight is 228 g/mol. The third kappa shape index (κ3) is 3.19. The molecule has 94 valence electrons. The topological polar surface area (TPSA) is 78.3 Å². The minimum absolute atomic E-state index is 0.317. The summed E-state index contributed by atoms with van der Waals surface area (Å²) < 4.78 is 5.89. The molecule has 1 aliphatic carbocycles. The van der Waals surface area contributed by atoms with Gasteiger partial charge in [0.1, 0.15) is 6.10 Å². The Labute approximate surface area is 97.7 Å². The van der Waals surface area contributed by atoms with Gasteiger partial charge in [0.2, 0.25) is 5.91 Å². The molecule has 1 fully saturated rings. The molecule has 1 unspecified atom stereocenters. The molecule has 1 atom stereocenters. The van der Waals surface area contributed by atoms with Crippen molar-refractivity contribution < 1.29 is 9.53 Å². The van der Waals surface area contributed by atoms with Crippen molar-refractivity contribution in [2.24, 2.45) is 17.4 Å². The fourth-order valence-corrected chi connectivity index (χ4v) is 2.30. The summed E-state index contributed by atoms with van der Waals surface area (Å²) in [5, 5.41) is 0. The summed E-state index contributed by atoms with van der Waals surface area (Å²) in [6.45, 7) is 4.63. The van der Waals surface area contributed by atoms with Crippen LogP contribution in [0.3, 0.4) is 0 Å². The molecule has 1 amide bonds. The third-order valence-corrected chi connectivity index (χ3v) is 3.64. The van der Waals surface area contributed by atoms with Gasteiger partial charge in [-0.25, -0.2) is 0 Å². The monoisotopic (exact) mass is 228 g/mol. The highest BCUT2D eigenvalue weighted by atomic mass is 16.5. The van der Waals surface area contributed by atoms with Crippen LogP contribution in [0.25, 0.3) is 0 Å². The maximum Gasteiger partial charge on any atom is 0.246 e. The van der Waals surface area contributed by atoms with Crippen molar-refractivity contribution >= 4 is 5.91 Å². The summed E-state index contributed by atoms with van der Waals surface area (Å²) in [5.41, 5.74) is 10.8. The van der Waals surface area contributed by atoms with Crippen molar-refractivity contribution in [2.75, 3.05) is 6.54 Å². The van der Waals surface area contributed by atoms with Gasteiger partial charge in [-0.3, -0.25) is 4.79 Å². The lowest BCUT2D eigenvalue weighted by Crippen LogP contribution is -2.48. The highest BCUT2D eigenvalue weighted by molar-refractivity contribution is 5.78. The molecule has 0 aromatic heterocycles. The molecule has 16 heavy (non-hydrogen) atoms. The van der Waals surface area contributed by atoms with Crippen molar-refractivity contribution in [3.63, 3.8) is 0 Å². The standard InChI is InChI=1S/C12H24N2O2/c1-3-10(11(14)15)16-12(8-13)6-4-9(2)5-7-12/h9-10H,3-8,13H2,1-2H3,(H2,14,15). The molecule has 0 heterocycles. The van der Waals surface area contributed by atoms with Gasteiger partial charge in [-0.15, -0.1) is 0 Å². The number of rotatable bonds is 5. The van der Waals surface area contributed by atoms with E-state index in [1.54, 1.807) is 0 Å². The molecular formula is C12H24N2O2. The van der Waals surface area contributed by atoms with Crippen molar-refractivity contribution in [1.29, 1.82) is 0 Å². The molecule has 0 radical (unpaired) electrons. The van der Waals surface area contributed by atoms with Crippen LogP contribution >= 0.6 is 0 Å². The Bertz CT molecular complexity index is 235. The molecule has 1 aliphatic rings. The van der Waals surface area contributed by atoms with Crippen molar-refractivity contribution in [1.82, 2.24) is 0 Å². The van der Waals surface area contributed by atoms with Crippen molar-refractivity contribution in [3.8, 4) is 0 Å². The molecule has 4 nitrogen and oxygen atoms in total. The molecule has 1 saturated carbocycles. The zero-order chi connectivity index (χ0) is 12.2. The zero-order valence-corrected chi connectivity index (χ0v) is 10.4. The first-order chi connectivity index (χ1) is 7.53. The van der Waals surface area contributed by atoms with Crippen LogP contribution in [0.5, 0.6) is 0 Å². The number of ether oxygens (including phenoxy) is 1. The lowest BCUT2D eigenvalue weighted by atomic mass is 9.79. The normalized spacial score (nSPS) is 32.3. The van der Waals surface area contributed by atoms with Gasteiger partial charge in [-0.1, -0.05) is 13.8 Å². The first kappa shape index (κ1) is 13.5. The zero-order valence-electron chi connectivity index (χ0n) is 10.4. The van der Waals surface area contributed by atoms with Crippen LogP contribution in [-0.4, -0.2) is 24.2 Å². The Morgan fingerprint density at radius 2 is 2.06 bits per heavy atom. The summed E-state index contributed by atoms with van der Waals surface area (Å²) in [7, 11) is 0. The number of hydrogen-bond acceptors (Lipinski definition) is 3. The molecule has 0 aromatic carbocycles. The van der Waals surface area contributed by atoms with Gasteiger partial charge in [0.05, 0.1) is 5.60 Å². The van der Waals surface area contributed by atoms with E-state index in [0.29, 0.717) is 13.0 Å². The molecular weight excluding hydrogens is 204 g/mol. The molecule has 4 heteroatoms. The van der Waals surface area contributed by atoms with E-state index in [1.807, 2.05) is 6.92 Å². The Kier molecular flexibility index (Phi) is 4.74. The number of carbonyl (C=O) groups is 1. The molecule has 0 aromatic rings. The minimum Gasteiger partial charge on any atom is -0.367 e. The largest absolute Gasteiger partial charge is 0.367 e. The average Bonchev–Trinajstić information content (AvgIpc) is 2.28. The van der Waals surface area contributed by atoms with E-state index in [2.05, 4.69) is 6.92 Å². The molecule has 1 rings (SSSR count). The van der Waals surface area contributed by atoms with E-state index in [0.717, 1.165) is 31.6 Å². The molecule has 0 spiro atoms. The fraction of sp³-hybridized carbons (Fsp3) is 0.917. The van der Waals surface area contributed by atoms with Crippen molar-refractivity contribution in [3.05, 3.63) is 0 Å². The van der Waals surface area contributed by atoms with E-state index in [4.69, 9.17) is 16.2 Å². The van der Waals surface area contributed by atoms with E-state index >= 15 is 0 Å². The predicted octanol–water partition coefficient (Wildman–Crippen LogP) is 1.17. The van der Waals surface area contributed by atoms with Crippen LogP contribution in [-0.2, 0) is 9.53 Å². The lowest BCUT2D eigenvalue weighted by Gasteiger charge is -2.40. The second kappa shape index (κ2) is 5.64. The predicted molar refractivity (Wildman–Crippen MR) is 63.8 cm³/mol. The number of hydrogen-bond donors (Lipinski definition) is 2. The van der Waals surface area contributed by atoms with Crippen LogP contribution in [0.4, 0.5) is 0 Å². The van der Waals surface area contributed by atoms with Gasteiger partial charge in [0.15, 0.2) is 0 Å². The van der Waals surface area contributed by atoms with Crippen LogP contribution in [0.2, 0.25) is 0 Å². The van der Waals surface area contributed by atoms with Gasteiger partial charge in [-0.2, -0.15) is 0 Å². The summed E-state index contributed by atoms with van der Waals surface area (Å²) in [6.07, 6.45) is 4.24. The van der Waals surface area contributed by atoms with Crippen LogP contribution in [0, 0.1) is 5.92 Å². The Morgan fingerprint density at radius 3 is 2.44 bits per heavy atom. The highest BCUT2D eigenvalue weighted by Gasteiger charge is 2.36. The first-order valence-corrected chi connectivity index (χ1v) is 6.20. The van der Waals surface area contributed by atoms with Gasteiger partial charge >= 0.3 is 0 Å². The number of carbonyl (C=O) groups excluding carboxylic acids is 1. The molecule has 0 saturated heterocycles. The Balaban J connectivity index is 2.62. The van der Waals surface area contributed by atoms with E-state index in [9.17, 15) is 4.79 Å². The summed E-state index contributed by atoms with van der Waals surface area (Å²) >= 11 is 0.